The van der Waals surface area contributed by atoms with Gasteiger partial charge >= 0.3 is 0 Å². The van der Waals surface area contributed by atoms with Crippen molar-refractivity contribution in [3.8, 4) is 0 Å². The van der Waals surface area contributed by atoms with E-state index in [0.717, 1.165) is 37.8 Å². The van der Waals surface area contributed by atoms with Crippen molar-refractivity contribution in [3.63, 3.8) is 0 Å². The largest absolute Gasteiger partial charge is 0.376 e. The Hall–Kier alpha value is -1.92. The van der Waals surface area contributed by atoms with Gasteiger partial charge in [0.05, 0.1) is 23.9 Å². The summed E-state index contributed by atoms with van der Waals surface area (Å²) >= 11 is 1.74. The van der Waals surface area contributed by atoms with Crippen LogP contribution in [0.1, 0.15) is 43.0 Å². The number of hydrogen-bond donors (Lipinski definition) is 2. The summed E-state index contributed by atoms with van der Waals surface area (Å²) in [7, 11) is 1.80. The Labute approximate surface area is 167 Å². The molecule has 2 N–H and O–H groups in total. The predicted octanol–water partition coefficient (Wildman–Crippen LogP) is 3.83. The molecule has 1 heterocycles. The van der Waals surface area contributed by atoms with Crippen LogP contribution in [0.2, 0.25) is 0 Å². The number of aliphatic imine (C=N–C) groups is 1. The van der Waals surface area contributed by atoms with Gasteiger partial charge in [-0.2, -0.15) is 0 Å². The van der Waals surface area contributed by atoms with Crippen LogP contribution in [0.4, 0.5) is 0 Å². The zero-order valence-corrected chi connectivity index (χ0v) is 17.7. The maximum absolute atomic E-state index is 5.80. The average molecular weight is 389 g/mol. The Morgan fingerprint density at radius 2 is 1.96 bits per heavy atom. The lowest BCUT2D eigenvalue weighted by Crippen LogP contribution is -2.40. The van der Waals surface area contributed by atoms with Gasteiger partial charge in [-0.3, -0.25) is 4.99 Å². The predicted molar refractivity (Wildman–Crippen MR) is 115 cm³/mol. The molecule has 5 nitrogen and oxygen atoms in total. The molecule has 148 valence electrons. The molecule has 1 atom stereocenters. The molecule has 0 amide bonds. The molecule has 0 aliphatic heterocycles. The number of aromatic nitrogens is 1. The second kappa shape index (κ2) is 11.7. The first-order valence-corrected chi connectivity index (χ1v) is 10.5. The SMILES string of the molecule is CN=C(NCCc1csc(C(C)C)n1)NCC(C)COCc1ccccc1. The van der Waals surface area contributed by atoms with Crippen LogP contribution in [0, 0.1) is 5.92 Å². The summed E-state index contributed by atoms with van der Waals surface area (Å²) in [5, 5.41) is 10.1. The van der Waals surface area contributed by atoms with Gasteiger partial charge in [0.15, 0.2) is 5.96 Å². The lowest BCUT2D eigenvalue weighted by molar-refractivity contribution is 0.0931. The van der Waals surface area contributed by atoms with Crippen LogP contribution >= 0.6 is 11.3 Å². The first-order valence-electron chi connectivity index (χ1n) is 9.59. The second-order valence-corrected chi connectivity index (χ2v) is 7.96. The molecule has 0 aliphatic rings. The molecule has 0 saturated heterocycles. The molecule has 1 aromatic heterocycles. The zero-order valence-electron chi connectivity index (χ0n) is 16.9. The molecule has 1 aromatic carbocycles. The summed E-state index contributed by atoms with van der Waals surface area (Å²) < 4.78 is 5.80. The Morgan fingerprint density at radius 1 is 1.19 bits per heavy atom. The molecule has 2 rings (SSSR count). The third-order valence-electron chi connectivity index (χ3n) is 4.09. The molecular weight excluding hydrogens is 356 g/mol. The molecular formula is C21H32N4OS. The van der Waals surface area contributed by atoms with Gasteiger partial charge in [0.25, 0.3) is 0 Å². The summed E-state index contributed by atoms with van der Waals surface area (Å²) in [6.45, 7) is 9.55. The minimum atomic E-state index is 0.402. The average Bonchev–Trinajstić information content (AvgIpc) is 3.14. The summed E-state index contributed by atoms with van der Waals surface area (Å²) in [6.07, 6.45) is 0.902. The highest BCUT2D eigenvalue weighted by molar-refractivity contribution is 7.09. The van der Waals surface area contributed by atoms with Gasteiger partial charge in [-0.25, -0.2) is 4.98 Å². The summed E-state index contributed by atoms with van der Waals surface area (Å²) in [5.74, 6) is 1.72. The number of benzene rings is 1. The minimum absolute atomic E-state index is 0.402. The van der Waals surface area contributed by atoms with Gasteiger partial charge in [-0.1, -0.05) is 51.1 Å². The first kappa shape index (κ1) is 21.4. The number of guanidine groups is 1. The highest BCUT2D eigenvalue weighted by Gasteiger charge is 2.07. The molecule has 2 aromatic rings. The number of rotatable bonds is 10. The number of hydrogen-bond acceptors (Lipinski definition) is 4. The van der Waals surface area contributed by atoms with Crippen molar-refractivity contribution in [2.24, 2.45) is 10.9 Å². The molecule has 0 bridgehead atoms. The molecule has 0 aliphatic carbocycles. The lowest BCUT2D eigenvalue weighted by Gasteiger charge is -2.16. The van der Waals surface area contributed by atoms with E-state index in [4.69, 9.17) is 4.74 Å². The maximum atomic E-state index is 5.80. The van der Waals surface area contributed by atoms with Gasteiger partial charge in [-0.15, -0.1) is 11.3 Å². The van der Waals surface area contributed by atoms with Crippen molar-refractivity contribution in [1.82, 2.24) is 15.6 Å². The molecule has 1 unspecified atom stereocenters. The van der Waals surface area contributed by atoms with Crippen LogP contribution in [-0.4, -0.2) is 37.7 Å². The fraction of sp³-hybridized carbons (Fsp3) is 0.524. The number of nitrogens with one attached hydrogen (secondary N) is 2. The molecule has 6 heteroatoms. The highest BCUT2D eigenvalue weighted by Crippen LogP contribution is 2.19. The van der Waals surface area contributed by atoms with Crippen LogP contribution in [0.5, 0.6) is 0 Å². The summed E-state index contributed by atoms with van der Waals surface area (Å²) in [4.78, 5) is 8.96. The Balaban J connectivity index is 1.61. The van der Waals surface area contributed by atoms with E-state index in [1.165, 1.54) is 10.6 Å². The van der Waals surface area contributed by atoms with Crippen molar-refractivity contribution in [3.05, 3.63) is 52.0 Å². The van der Waals surface area contributed by atoms with E-state index in [1.54, 1.807) is 18.4 Å². The van der Waals surface area contributed by atoms with E-state index in [1.807, 2.05) is 18.2 Å². The summed E-state index contributed by atoms with van der Waals surface area (Å²) in [5.41, 5.74) is 2.35. The molecule has 0 saturated carbocycles. The molecule has 0 radical (unpaired) electrons. The third-order valence-corrected chi connectivity index (χ3v) is 5.29. The van der Waals surface area contributed by atoms with E-state index < -0.39 is 0 Å². The van der Waals surface area contributed by atoms with E-state index in [2.05, 4.69) is 58.9 Å². The summed E-state index contributed by atoms with van der Waals surface area (Å²) in [6, 6.07) is 10.3. The Morgan fingerprint density at radius 3 is 2.63 bits per heavy atom. The van der Waals surface area contributed by atoms with Crippen molar-refractivity contribution >= 4 is 17.3 Å². The van der Waals surface area contributed by atoms with E-state index in [-0.39, 0.29) is 0 Å². The topological polar surface area (TPSA) is 58.5 Å². The van der Waals surface area contributed by atoms with Crippen LogP contribution < -0.4 is 10.6 Å². The van der Waals surface area contributed by atoms with Gasteiger partial charge in [0.1, 0.15) is 0 Å². The zero-order chi connectivity index (χ0) is 19.5. The maximum Gasteiger partial charge on any atom is 0.190 e. The minimum Gasteiger partial charge on any atom is -0.376 e. The molecule has 0 fully saturated rings. The van der Waals surface area contributed by atoms with Crippen LogP contribution in [0.3, 0.4) is 0 Å². The first-order chi connectivity index (χ1) is 13.1. The highest BCUT2D eigenvalue weighted by atomic mass is 32.1. The van der Waals surface area contributed by atoms with Gasteiger partial charge < -0.3 is 15.4 Å². The van der Waals surface area contributed by atoms with Crippen LogP contribution in [0.15, 0.2) is 40.7 Å². The lowest BCUT2D eigenvalue weighted by atomic mass is 10.2. The second-order valence-electron chi connectivity index (χ2n) is 7.07. The van der Waals surface area contributed by atoms with E-state index in [9.17, 15) is 0 Å². The van der Waals surface area contributed by atoms with Crippen LogP contribution in [-0.2, 0) is 17.8 Å². The third kappa shape index (κ3) is 8.10. The van der Waals surface area contributed by atoms with Gasteiger partial charge in [0.2, 0.25) is 0 Å². The number of nitrogens with zero attached hydrogens (tertiary/aromatic N) is 2. The van der Waals surface area contributed by atoms with Crippen molar-refractivity contribution in [2.45, 2.75) is 39.7 Å². The number of ether oxygens (including phenoxy) is 1. The molecule has 0 spiro atoms. The van der Waals surface area contributed by atoms with E-state index >= 15 is 0 Å². The van der Waals surface area contributed by atoms with Gasteiger partial charge in [-0.05, 0) is 11.5 Å². The Kier molecular flexibility index (Phi) is 9.28. The monoisotopic (exact) mass is 388 g/mol. The quantitative estimate of drug-likeness (QED) is 0.480. The van der Waals surface area contributed by atoms with Crippen molar-refractivity contribution in [1.29, 1.82) is 0 Å². The van der Waals surface area contributed by atoms with Gasteiger partial charge in [0, 0.05) is 37.9 Å². The van der Waals surface area contributed by atoms with Crippen molar-refractivity contribution < 1.29 is 4.74 Å². The molecule has 27 heavy (non-hydrogen) atoms. The van der Waals surface area contributed by atoms with E-state index in [0.29, 0.717) is 18.4 Å². The standard InChI is InChI=1S/C21H32N4OS/c1-16(2)20-25-19(15-27-20)10-11-23-21(22-4)24-12-17(3)13-26-14-18-8-6-5-7-9-18/h5-9,15-17H,10-14H2,1-4H3,(H2,22,23,24). The fourth-order valence-corrected chi connectivity index (χ4v) is 3.38. The van der Waals surface area contributed by atoms with Crippen molar-refractivity contribution in [2.75, 3.05) is 26.7 Å². The fourth-order valence-electron chi connectivity index (χ4n) is 2.51. The smallest absolute Gasteiger partial charge is 0.190 e. The Bertz CT molecular complexity index is 684. The number of thiazole rings is 1. The normalized spacial score (nSPS) is 13.0. The van der Waals surface area contributed by atoms with Crippen LogP contribution in [0.25, 0.3) is 0 Å².